The molecule has 0 bridgehead atoms. The van der Waals surface area contributed by atoms with Crippen LogP contribution in [0.4, 0.5) is 5.13 Å². The second-order valence-electron chi connectivity index (χ2n) is 2.98. The molecule has 90 valence electrons. The van der Waals surface area contributed by atoms with Gasteiger partial charge in [-0.05, 0) is 6.42 Å². The Morgan fingerprint density at radius 3 is 2.81 bits per heavy atom. The van der Waals surface area contributed by atoms with E-state index < -0.39 is 16.0 Å². The number of carboxylic acids is 1. The van der Waals surface area contributed by atoms with Crippen molar-refractivity contribution in [3.8, 4) is 0 Å². The Balaban J connectivity index is 2.35. The van der Waals surface area contributed by atoms with Crippen molar-refractivity contribution in [2.24, 2.45) is 5.14 Å². The smallest absolute Gasteiger partial charge is 0.347 e. The van der Waals surface area contributed by atoms with Crippen molar-refractivity contribution in [3.05, 3.63) is 11.1 Å². The van der Waals surface area contributed by atoms with Gasteiger partial charge in [0.25, 0.3) is 0 Å². The van der Waals surface area contributed by atoms with Crippen LogP contribution in [0.2, 0.25) is 0 Å². The van der Waals surface area contributed by atoms with Crippen LogP contribution in [-0.4, -0.2) is 36.8 Å². The van der Waals surface area contributed by atoms with Crippen molar-refractivity contribution in [3.63, 3.8) is 0 Å². The molecule has 1 heterocycles. The van der Waals surface area contributed by atoms with Crippen LogP contribution in [0.5, 0.6) is 0 Å². The molecule has 0 radical (unpaired) electrons. The number of hydrogen-bond donors (Lipinski definition) is 3. The summed E-state index contributed by atoms with van der Waals surface area (Å²) in [6.45, 7) is 0.378. The third kappa shape index (κ3) is 4.55. The van der Waals surface area contributed by atoms with E-state index in [1.54, 1.807) is 0 Å². The largest absolute Gasteiger partial charge is 0.477 e. The van der Waals surface area contributed by atoms with E-state index in [2.05, 4.69) is 10.3 Å². The number of sulfonamides is 1. The van der Waals surface area contributed by atoms with E-state index in [1.165, 1.54) is 6.20 Å². The average Bonchev–Trinajstić information content (AvgIpc) is 2.59. The molecule has 0 unspecified atom stereocenters. The topological polar surface area (TPSA) is 122 Å². The van der Waals surface area contributed by atoms with Gasteiger partial charge in [-0.25, -0.2) is 23.3 Å². The molecule has 7 nitrogen and oxygen atoms in total. The second-order valence-corrected chi connectivity index (χ2v) is 5.75. The fraction of sp³-hybridized carbons (Fsp3) is 0.429. The van der Waals surface area contributed by atoms with Gasteiger partial charge in [-0.3, -0.25) is 0 Å². The first-order chi connectivity index (χ1) is 7.38. The third-order valence-electron chi connectivity index (χ3n) is 1.60. The Bertz CT molecular complexity index is 468. The zero-order valence-electron chi connectivity index (χ0n) is 8.21. The predicted octanol–water partition coefficient (Wildman–Crippen LogP) is -0.0682. The molecule has 0 aliphatic heterocycles. The second kappa shape index (κ2) is 5.23. The molecule has 0 amide bonds. The van der Waals surface area contributed by atoms with E-state index in [9.17, 15) is 13.2 Å². The minimum Gasteiger partial charge on any atom is -0.477 e. The number of carbonyl (C=O) groups is 1. The number of rotatable bonds is 6. The molecule has 1 rings (SSSR count). The van der Waals surface area contributed by atoms with Gasteiger partial charge >= 0.3 is 5.97 Å². The molecule has 9 heteroatoms. The molecule has 0 aromatic carbocycles. The predicted molar refractivity (Wildman–Crippen MR) is 60.2 cm³/mol. The number of nitrogens with two attached hydrogens (primary N) is 1. The van der Waals surface area contributed by atoms with Gasteiger partial charge in [0.2, 0.25) is 10.0 Å². The van der Waals surface area contributed by atoms with Crippen molar-refractivity contribution in [1.82, 2.24) is 4.98 Å². The minimum absolute atomic E-state index is 0.114. The van der Waals surface area contributed by atoms with Gasteiger partial charge in [0.05, 0.1) is 11.9 Å². The summed E-state index contributed by atoms with van der Waals surface area (Å²) in [7, 11) is -3.44. The Morgan fingerprint density at radius 1 is 1.62 bits per heavy atom. The van der Waals surface area contributed by atoms with Crippen LogP contribution < -0.4 is 10.5 Å². The average molecular weight is 265 g/mol. The fourth-order valence-corrected chi connectivity index (χ4v) is 2.15. The molecule has 0 spiro atoms. The lowest BCUT2D eigenvalue weighted by Crippen LogP contribution is -2.18. The SMILES string of the molecule is NS(=O)(=O)CCCNc1ncc(C(=O)O)s1. The summed E-state index contributed by atoms with van der Waals surface area (Å²) in [6, 6.07) is 0. The van der Waals surface area contributed by atoms with Crippen LogP contribution in [0.25, 0.3) is 0 Å². The molecule has 0 aliphatic carbocycles. The van der Waals surface area contributed by atoms with E-state index in [0.717, 1.165) is 11.3 Å². The standard InChI is InChI=1S/C7H11N3O4S2/c8-16(13,14)3-1-2-9-7-10-4-5(15-7)6(11)12/h4H,1-3H2,(H,9,10)(H,11,12)(H2,8,13,14). The summed E-state index contributed by atoms with van der Waals surface area (Å²) in [5, 5.41) is 16.7. The number of anilines is 1. The molecular formula is C7H11N3O4S2. The number of primary sulfonamides is 1. The lowest BCUT2D eigenvalue weighted by atomic mass is 10.5. The van der Waals surface area contributed by atoms with Crippen molar-refractivity contribution in [2.75, 3.05) is 17.6 Å². The number of carboxylic acid groups (broad SMARTS) is 1. The maximum atomic E-state index is 10.6. The quantitative estimate of drug-likeness (QED) is 0.619. The van der Waals surface area contributed by atoms with Gasteiger partial charge in [0.1, 0.15) is 4.88 Å². The Morgan fingerprint density at radius 2 is 2.31 bits per heavy atom. The van der Waals surface area contributed by atoms with Crippen molar-refractivity contribution in [1.29, 1.82) is 0 Å². The summed E-state index contributed by atoms with van der Waals surface area (Å²) in [6.07, 6.45) is 1.59. The molecule has 0 saturated heterocycles. The molecule has 0 fully saturated rings. The van der Waals surface area contributed by atoms with Crippen LogP contribution in [0.3, 0.4) is 0 Å². The number of nitrogens with one attached hydrogen (secondary N) is 1. The van der Waals surface area contributed by atoms with Crippen LogP contribution in [-0.2, 0) is 10.0 Å². The maximum Gasteiger partial charge on any atom is 0.347 e. The van der Waals surface area contributed by atoms with Gasteiger partial charge in [0.15, 0.2) is 5.13 Å². The molecule has 4 N–H and O–H groups in total. The van der Waals surface area contributed by atoms with Crippen LogP contribution in [0, 0.1) is 0 Å². The molecule has 0 aliphatic rings. The van der Waals surface area contributed by atoms with Gasteiger partial charge in [-0.1, -0.05) is 11.3 Å². The first-order valence-electron chi connectivity index (χ1n) is 4.32. The van der Waals surface area contributed by atoms with E-state index in [-0.39, 0.29) is 10.6 Å². The van der Waals surface area contributed by atoms with Gasteiger partial charge in [0, 0.05) is 6.54 Å². The van der Waals surface area contributed by atoms with Crippen molar-refractivity contribution >= 4 is 32.5 Å². The molecule has 0 saturated carbocycles. The van der Waals surface area contributed by atoms with E-state index >= 15 is 0 Å². The highest BCUT2D eigenvalue weighted by atomic mass is 32.2. The summed E-state index contributed by atoms with van der Waals surface area (Å²) in [4.78, 5) is 14.5. The zero-order valence-corrected chi connectivity index (χ0v) is 9.84. The Hall–Kier alpha value is -1.19. The van der Waals surface area contributed by atoms with Crippen molar-refractivity contribution in [2.45, 2.75) is 6.42 Å². The Kier molecular flexibility index (Phi) is 4.21. The maximum absolute atomic E-state index is 10.6. The number of aromatic carboxylic acids is 1. The van der Waals surface area contributed by atoms with E-state index in [1.807, 2.05) is 0 Å². The number of hydrogen-bond acceptors (Lipinski definition) is 6. The van der Waals surface area contributed by atoms with Crippen LogP contribution in [0.1, 0.15) is 16.1 Å². The molecule has 1 aromatic rings. The highest BCUT2D eigenvalue weighted by molar-refractivity contribution is 7.89. The number of nitrogens with zero attached hydrogens (tertiary/aromatic N) is 1. The minimum atomic E-state index is -3.44. The molecular weight excluding hydrogens is 254 g/mol. The van der Waals surface area contributed by atoms with Crippen molar-refractivity contribution < 1.29 is 18.3 Å². The number of aromatic nitrogens is 1. The molecule has 16 heavy (non-hydrogen) atoms. The van der Waals surface area contributed by atoms with Crippen LogP contribution >= 0.6 is 11.3 Å². The first kappa shape index (κ1) is 12.9. The van der Waals surface area contributed by atoms with E-state index in [4.69, 9.17) is 10.2 Å². The highest BCUT2D eigenvalue weighted by Gasteiger charge is 2.08. The first-order valence-corrected chi connectivity index (χ1v) is 6.85. The third-order valence-corrected chi connectivity index (χ3v) is 3.40. The summed E-state index contributed by atoms with van der Waals surface area (Å²) in [5.74, 6) is -1.15. The normalized spacial score (nSPS) is 11.3. The molecule has 0 atom stereocenters. The lowest BCUT2D eigenvalue weighted by Gasteiger charge is -2.00. The summed E-state index contributed by atoms with van der Waals surface area (Å²) < 4.78 is 21.2. The summed E-state index contributed by atoms with van der Waals surface area (Å²) in [5.41, 5.74) is 0. The monoisotopic (exact) mass is 265 g/mol. The highest BCUT2D eigenvalue weighted by Crippen LogP contribution is 2.17. The van der Waals surface area contributed by atoms with E-state index in [0.29, 0.717) is 18.1 Å². The van der Waals surface area contributed by atoms with Crippen LogP contribution in [0.15, 0.2) is 6.20 Å². The number of thiazole rings is 1. The lowest BCUT2D eigenvalue weighted by molar-refractivity contribution is 0.0702. The summed E-state index contributed by atoms with van der Waals surface area (Å²) >= 11 is 0.996. The Labute approximate surface area is 96.4 Å². The zero-order chi connectivity index (χ0) is 12.2. The molecule has 1 aromatic heterocycles. The van der Waals surface area contributed by atoms with Gasteiger partial charge in [-0.15, -0.1) is 0 Å². The van der Waals surface area contributed by atoms with Gasteiger partial charge < -0.3 is 10.4 Å². The van der Waals surface area contributed by atoms with Gasteiger partial charge in [-0.2, -0.15) is 0 Å². The fourth-order valence-electron chi connectivity index (χ4n) is 0.923.